The summed E-state index contributed by atoms with van der Waals surface area (Å²) in [6.45, 7) is 3.53. The lowest BCUT2D eigenvalue weighted by Gasteiger charge is -2.29. The van der Waals surface area contributed by atoms with Gasteiger partial charge in [0.25, 0.3) is 0 Å². The van der Waals surface area contributed by atoms with Gasteiger partial charge in [0.15, 0.2) is 0 Å². The number of amides is 1. The van der Waals surface area contributed by atoms with E-state index in [1.807, 2.05) is 0 Å². The van der Waals surface area contributed by atoms with E-state index in [0.717, 1.165) is 12.8 Å². The molecule has 0 saturated carbocycles. The van der Waals surface area contributed by atoms with Gasteiger partial charge in [-0.3, -0.25) is 4.79 Å². The number of rotatable bonds is 2. The van der Waals surface area contributed by atoms with Crippen molar-refractivity contribution in [2.45, 2.75) is 19.8 Å². The van der Waals surface area contributed by atoms with E-state index in [2.05, 4.69) is 17.1 Å². The van der Waals surface area contributed by atoms with E-state index in [1.54, 1.807) is 17.0 Å². The van der Waals surface area contributed by atoms with Crippen LogP contribution in [-0.2, 0) is 0 Å². The largest absolute Gasteiger partial charge is 0.412 e. The summed E-state index contributed by atoms with van der Waals surface area (Å²) in [7, 11) is 0. The molecule has 1 aromatic heterocycles. The highest BCUT2D eigenvalue weighted by molar-refractivity contribution is 5.89. The molecule has 3 rings (SSSR count). The Hall–Kier alpha value is -2.24. The summed E-state index contributed by atoms with van der Waals surface area (Å²) in [5, 5.41) is 7.62. The third-order valence-corrected chi connectivity index (χ3v) is 3.62. The van der Waals surface area contributed by atoms with E-state index in [4.69, 9.17) is 4.42 Å². The van der Waals surface area contributed by atoms with Crippen LogP contribution >= 0.6 is 0 Å². The summed E-state index contributed by atoms with van der Waals surface area (Å²) in [5.74, 6) is -0.0419. The third kappa shape index (κ3) is 2.94. The highest BCUT2D eigenvalue weighted by Crippen LogP contribution is 2.21. The van der Waals surface area contributed by atoms with Crippen molar-refractivity contribution in [2.24, 2.45) is 5.92 Å². The second-order valence-electron chi connectivity index (χ2n) is 5.42. The molecule has 0 spiro atoms. The van der Waals surface area contributed by atoms with E-state index in [0.29, 0.717) is 24.6 Å². The molecule has 1 aromatic carbocycles. The van der Waals surface area contributed by atoms with Crippen LogP contribution in [0.5, 0.6) is 0 Å². The van der Waals surface area contributed by atoms with Gasteiger partial charge >= 0.3 is 11.8 Å². The summed E-state index contributed by atoms with van der Waals surface area (Å²) in [4.78, 5) is 14.0. The van der Waals surface area contributed by atoms with Gasteiger partial charge < -0.3 is 9.32 Å². The summed E-state index contributed by atoms with van der Waals surface area (Å²) >= 11 is 0. The van der Waals surface area contributed by atoms with Gasteiger partial charge in [0.1, 0.15) is 5.82 Å². The molecule has 2 heterocycles. The molecule has 0 radical (unpaired) electrons. The number of hydrogen-bond acceptors (Lipinski definition) is 4. The molecule has 1 saturated heterocycles. The van der Waals surface area contributed by atoms with E-state index in [1.165, 1.54) is 12.1 Å². The van der Waals surface area contributed by atoms with Crippen LogP contribution in [-0.4, -0.2) is 34.1 Å². The molecule has 110 valence electrons. The number of carbonyl (C=O) groups excluding carboxylic acids is 1. The Morgan fingerprint density at radius 3 is 3.05 bits per heavy atom. The normalized spacial score (nSPS) is 18.8. The zero-order valence-electron chi connectivity index (χ0n) is 11.8. The van der Waals surface area contributed by atoms with E-state index >= 15 is 0 Å². The van der Waals surface area contributed by atoms with Crippen molar-refractivity contribution in [3.8, 4) is 11.5 Å². The Morgan fingerprint density at radius 1 is 1.43 bits per heavy atom. The van der Waals surface area contributed by atoms with E-state index in [-0.39, 0.29) is 23.5 Å². The molecule has 1 aliphatic rings. The molecule has 21 heavy (non-hydrogen) atoms. The van der Waals surface area contributed by atoms with Gasteiger partial charge in [-0.15, -0.1) is 10.2 Å². The third-order valence-electron chi connectivity index (χ3n) is 3.62. The van der Waals surface area contributed by atoms with Crippen molar-refractivity contribution in [3.63, 3.8) is 0 Å². The maximum absolute atomic E-state index is 13.2. The van der Waals surface area contributed by atoms with Gasteiger partial charge in [-0.2, -0.15) is 0 Å². The number of piperidine rings is 1. The second-order valence-corrected chi connectivity index (χ2v) is 5.42. The smallest absolute Gasteiger partial charge is 0.311 e. The minimum atomic E-state index is -0.386. The Morgan fingerprint density at radius 2 is 2.29 bits per heavy atom. The zero-order chi connectivity index (χ0) is 14.8. The van der Waals surface area contributed by atoms with Crippen LogP contribution in [0.1, 0.15) is 30.5 Å². The fourth-order valence-corrected chi connectivity index (χ4v) is 2.56. The summed E-state index contributed by atoms with van der Waals surface area (Å²) in [6, 6.07) is 5.85. The van der Waals surface area contributed by atoms with Crippen molar-refractivity contribution in [1.29, 1.82) is 0 Å². The van der Waals surface area contributed by atoms with Crippen LogP contribution in [0.25, 0.3) is 11.5 Å². The van der Waals surface area contributed by atoms with Gasteiger partial charge in [0.05, 0.1) is 0 Å². The van der Waals surface area contributed by atoms with Gasteiger partial charge in [-0.1, -0.05) is 13.0 Å². The number of hydrogen-bond donors (Lipinski definition) is 0. The van der Waals surface area contributed by atoms with Crippen molar-refractivity contribution in [1.82, 2.24) is 15.1 Å². The molecule has 1 unspecified atom stereocenters. The first-order chi connectivity index (χ1) is 10.1. The second kappa shape index (κ2) is 5.63. The maximum atomic E-state index is 13.2. The van der Waals surface area contributed by atoms with Crippen LogP contribution in [0.4, 0.5) is 4.39 Å². The monoisotopic (exact) mass is 289 g/mol. The number of carbonyl (C=O) groups is 1. The average molecular weight is 289 g/mol. The minimum absolute atomic E-state index is 0.0386. The first-order valence-corrected chi connectivity index (χ1v) is 7.02. The van der Waals surface area contributed by atoms with Gasteiger partial charge in [-0.25, -0.2) is 4.39 Å². The van der Waals surface area contributed by atoms with Crippen LogP contribution in [0.15, 0.2) is 28.7 Å². The van der Waals surface area contributed by atoms with Crippen molar-refractivity contribution < 1.29 is 13.6 Å². The molecule has 6 heteroatoms. The predicted molar refractivity (Wildman–Crippen MR) is 74.0 cm³/mol. The fraction of sp³-hybridized carbons (Fsp3) is 0.400. The summed E-state index contributed by atoms with van der Waals surface area (Å²) in [6.07, 6.45) is 2.11. The van der Waals surface area contributed by atoms with Crippen molar-refractivity contribution in [2.75, 3.05) is 13.1 Å². The molecular weight excluding hydrogens is 273 g/mol. The van der Waals surface area contributed by atoms with Crippen LogP contribution < -0.4 is 0 Å². The van der Waals surface area contributed by atoms with Crippen LogP contribution in [0.2, 0.25) is 0 Å². The van der Waals surface area contributed by atoms with Crippen molar-refractivity contribution >= 4 is 5.91 Å². The molecule has 5 nitrogen and oxygen atoms in total. The molecule has 1 fully saturated rings. The van der Waals surface area contributed by atoms with Crippen LogP contribution in [0, 0.1) is 11.7 Å². The lowest BCUT2D eigenvalue weighted by Crippen LogP contribution is -2.39. The molecule has 1 amide bonds. The summed E-state index contributed by atoms with van der Waals surface area (Å²) in [5.41, 5.74) is 0.466. The molecular formula is C15H16FN3O2. The lowest BCUT2D eigenvalue weighted by molar-refractivity contribution is 0.0643. The SMILES string of the molecule is CC1CCCN(C(=O)c2nnc(-c3cccc(F)c3)o2)C1. The molecule has 0 bridgehead atoms. The number of likely N-dealkylation sites (tertiary alicyclic amines) is 1. The topological polar surface area (TPSA) is 59.2 Å². The Kier molecular flexibility index (Phi) is 3.68. The van der Waals surface area contributed by atoms with E-state index < -0.39 is 0 Å². The molecule has 1 aliphatic heterocycles. The molecule has 0 N–H and O–H groups in total. The number of halogens is 1. The quantitative estimate of drug-likeness (QED) is 0.853. The van der Waals surface area contributed by atoms with E-state index in [9.17, 15) is 9.18 Å². The maximum Gasteiger partial charge on any atom is 0.311 e. The zero-order valence-corrected chi connectivity index (χ0v) is 11.8. The molecule has 1 atom stereocenters. The fourth-order valence-electron chi connectivity index (χ4n) is 2.56. The first-order valence-electron chi connectivity index (χ1n) is 7.02. The average Bonchev–Trinajstić information content (AvgIpc) is 2.96. The molecule has 0 aliphatic carbocycles. The lowest BCUT2D eigenvalue weighted by atomic mass is 10.0. The van der Waals surface area contributed by atoms with Gasteiger partial charge in [0, 0.05) is 18.7 Å². The highest BCUT2D eigenvalue weighted by Gasteiger charge is 2.26. The van der Waals surface area contributed by atoms with Crippen molar-refractivity contribution in [3.05, 3.63) is 36.0 Å². The van der Waals surface area contributed by atoms with Gasteiger partial charge in [0.2, 0.25) is 5.89 Å². The summed E-state index contributed by atoms with van der Waals surface area (Å²) < 4.78 is 18.6. The van der Waals surface area contributed by atoms with Crippen LogP contribution in [0.3, 0.4) is 0 Å². The molecule has 2 aromatic rings. The Balaban J connectivity index is 1.80. The standard InChI is InChI=1S/C15H16FN3O2/c1-10-4-3-7-19(9-10)15(20)14-18-17-13(21-14)11-5-2-6-12(16)8-11/h2,5-6,8,10H,3-4,7,9H2,1H3. The number of aromatic nitrogens is 2. The Bertz CT molecular complexity index is 656. The number of benzene rings is 1. The minimum Gasteiger partial charge on any atom is -0.412 e. The Labute approximate surface area is 121 Å². The first kappa shape index (κ1) is 13.7. The van der Waals surface area contributed by atoms with Gasteiger partial charge in [-0.05, 0) is 37.0 Å². The number of nitrogens with zero attached hydrogens (tertiary/aromatic N) is 3. The predicted octanol–water partition coefficient (Wildman–Crippen LogP) is 2.75. The highest BCUT2D eigenvalue weighted by atomic mass is 19.1.